The molecule has 5 heteroatoms. The minimum atomic E-state index is -0.168. The predicted octanol–water partition coefficient (Wildman–Crippen LogP) is 3.29. The monoisotopic (exact) mass is 368 g/mol. The summed E-state index contributed by atoms with van der Waals surface area (Å²) in [6.07, 6.45) is 1.50. The summed E-state index contributed by atoms with van der Waals surface area (Å²) < 4.78 is 5.28. The van der Waals surface area contributed by atoms with Gasteiger partial charge in [0.05, 0.1) is 13.2 Å². The number of rotatable bonds is 3. The Morgan fingerprint density at radius 3 is 2.15 bits per heavy atom. The number of aliphatic hydroxyl groups excluding tert-OH is 1. The number of benzene rings is 2. The molecule has 2 aromatic carbocycles. The van der Waals surface area contributed by atoms with E-state index in [0.29, 0.717) is 18.4 Å². The van der Waals surface area contributed by atoms with Crippen LogP contribution in [0, 0.1) is 11.8 Å². The number of carbonyl (C=O) groups excluding carboxylic acids is 1. The van der Waals surface area contributed by atoms with E-state index < -0.39 is 0 Å². The van der Waals surface area contributed by atoms with Crippen molar-refractivity contribution in [1.29, 1.82) is 0 Å². The second kappa shape index (κ2) is 9.42. The van der Waals surface area contributed by atoms with Gasteiger partial charge in [0.2, 0.25) is 0 Å². The van der Waals surface area contributed by atoms with E-state index in [2.05, 4.69) is 5.32 Å². The van der Waals surface area contributed by atoms with Crippen molar-refractivity contribution in [3.05, 3.63) is 66.2 Å². The number of urea groups is 1. The van der Waals surface area contributed by atoms with Crippen LogP contribution in [0.3, 0.4) is 0 Å². The molecule has 2 amide bonds. The summed E-state index contributed by atoms with van der Waals surface area (Å²) in [7, 11) is 1.63. The number of nitrogens with zero attached hydrogens (tertiary/aromatic N) is 1. The van der Waals surface area contributed by atoms with Crippen LogP contribution in [0.15, 0.2) is 60.7 Å². The summed E-state index contributed by atoms with van der Waals surface area (Å²) in [6.45, 7) is 2.00. The first-order valence-electron chi connectivity index (χ1n) is 9.50. The van der Waals surface area contributed by atoms with Crippen molar-refractivity contribution in [2.45, 2.75) is 25.5 Å². The summed E-state index contributed by atoms with van der Waals surface area (Å²) in [4.78, 5) is 14.1. The predicted molar refractivity (Wildman–Crippen MR) is 105 cm³/mol. The number of hydrogen-bond donors (Lipinski definition) is 2. The van der Waals surface area contributed by atoms with Crippen molar-refractivity contribution in [2.24, 2.45) is 11.8 Å². The largest absolute Gasteiger partial charge is 0.496 e. The van der Waals surface area contributed by atoms with Gasteiger partial charge in [0, 0.05) is 25.2 Å². The molecule has 0 bridgehead atoms. The summed E-state index contributed by atoms with van der Waals surface area (Å²) >= 11 is 0. The number of ether oxygens (including phenoxy) is 1. The van der Waals surface area contributed by atoms with Gasteiger partial charge in [-0.05, 0) is 30.7 Å². The fourth-order valence-electron chi connectivity index (χ4n) is 3.95. The molecule has 27 heavy (non-hydrogen) atoms. The number of amides is 2. The van der Waals surface area contributed by atoms with E-state index in [9.17, 15) is 9.90 Å². The first-order chi connectivity index (χ1) is 13.2. The maximum Gasteiger partial charge on any atom is 0.317 e. The average molecular weight is 368 g/mol. The topological polar surface area (TPSA) is 61.8 Å². The van der Waals surface area contributed by atoms with E-state index in [-0.39, 0.29) is 12.1 Å². The molecule has 1 unspecified atom stereocenters. The maximum atomic E-state index is 12.2. The lowest BCUT2D eigenvalue weighted by Gasteiger charge is -2.19. The third kappa shape index (κ3) is 5.23. The van der Waals surface area contributed by atoms with Gasteiger partial charge in [-0.1, -0.05) is 54.6 Å². The zero-order valence-electron chi connectivity index (χ0n) is 15.8. The molecule has 0 aromatic heterocycles. The standard InChI is InChI=1S/C16H22N2O3.C6H6/c1-21-15-5-3-2-4-11(15)8-17-16(20)18-9-12-6-14(19)7-13(12)10-18;1-2-4-6-5-3-1/h2-5,12-14,19H,6-10H2,1H3,(H,17,20);1-6H/t12-,13+,14?;. The first-order valence-corrected chi connectivity index (χ1v) is 9.50. The number of hydrogen-bond acceptors (Lipinski definition) is 3. The van der Waals surface area contributed by atoms with Crippen LogP contribution in [0.25, 0.3) is 0 Å². The molecule has 1 aliphatic carbocycles. The van der Waals surface area contributed by atoms with E-state index in [0.717, 1.165) is 37.2 Å². The molecule has 2 fully saturated rings. The number of carbonyl (C=O) groups is 1. The zero-order valence-corrected chi connectivity index (χ0v) is 15.8. The Hall–Kier alpha value is -2.53. The lowest BCUT2D eigenvalue weighted by atomic mass is 10.0. The van der Waals surface area contributed by atoms with Crippen LogP contribution in [0.1, 0.15) is 18.4 Å². The Morgan fingerprint density at radius 1 is 1.04 bits per heavy atom. The van der Waals surface area contributed by atoms with Crippen molar-refractivity contribution in [1.82, 2.24) is 10.2 Å². The molecule has 0 radical (unpaired) electrons. The third-order valence-corrected chi connectivity index (χ3v) is 5.30. The zero-order chi connectivity index (χ0) is 19.1. The van der Waals surface area contributed by atoms with E-state index in [4.69, 9.17) is 4.74 Å². The minimum Gasteiger partial charge on any atom is -0.496 e. The Labute approximate surface area is 161 Å². The molecule has 5 nitrogen and oxygen atoms in total. The Bertz CT molecular complexity index is 682. The molecular formula is C22H28N2O3. The van der Waals surface area contributed by atoms with Crippen LogP contribution < -0.4 is 10.1 Å². The Kier molecular flexibility index (Phi) is 6.71. The first kappa shape index (κ1) is 19.2. The number of methoxy groups -OCH3 is 1. The van der Waals surface area contributed by atoms with Gasteiger partial charge in [-0.15, -0.1) is 0 Å². The van der Waals surface area contributed by atoms with Gasteiger partial charge >= 0.3 is 6.03 Å². The summed E-state index contributed by atoms with van der Waals surface area (Å²) in [5.74, 6) is 1.73. The van der Waals surface area contributed by atoms with Gasteiger partial charge in [0.1, 0.15) is 5.75 Å². The highest BCUT2D eigenvalue weighted by atomic mass is 16.5. The highest BCUT2D eigenvalue weighted by Crippen LogP contribution is 2.37. The molecule has 1 saturated carbocycles. The van der Waals surface area contributed by atoms with Crippen LogP contribution in [0.2, 0.25) is 0 Å². The van der Waals surface area contributed by atoms with E-state index in [1.54, 1.807) is 7.11 Å². The van der Waals surface area contributed by atoms with Crippen LogP contribution in [-0.2, 0) is 6.54 Å². The molecular weight excluding hydrogens is 340 g/mol. The SMILES string of the molecule is COc1ccccc1CNC(=O)N1C[C@H]2CC(O)C[C@H]2C1.c1ccccc1. The van der Waals surface area contributed by atoms with Crippen molar-refractivity contribution in [3.8, 4) is 5.75 Å². The number of nitrogens with one attached hydrogen (secondary N) is 1. The fourth-order valence-corrected chi connectivity index (χ4v) is 3.95. The van der Waals surface area contributed by atoms with Crippen molar-refractivity contribution in [3.63, 3.8) is 0 Å². The summed E-state index contributed by atoms with van der Waals surface area (Å²) in [5, 5.41) is 12.6. The average Bonchev–Trinajstić information content (AvgIpc) is 3.25. The van der Waals surface area contributed by atoms with Crippen LogP contribution in [-0.4, -0.2) is 42.3 Å². The van der Waals surface area contributed by atoms with Crippen molar-refractivity contribution >= 4 is 6.03 Å². The molecule has 2 aliphatic rings. The molecule has 0 spiro atoms. The minimum absolute atomic E-state index is 0.0233. The lowest BCUT2D eigenvalue weighted by Crippen LogP contribution is -2.39. The lowest BCUT2D eigenvalue weighted by molar-refractivity contribution is 0.161. The quantitative estimate of drug-likeness (QED) is 0.874. The van der Waals surface area contributed by atoms with Crippen LogP contribution in [0.4, 0.5) is 4.79 Å². The molecule has 2 N–H and O–H groups in total. The van der Waals surface area contributed by atoms with Gasteiger partial charge in [0.25, 0.3) is 0 Å². The molecule has 1 aliphatic heterocycles. The van der Waals surface area contributed by atoms with Gasteiger partial charge in [-0.3, -0.25) is 0 Å². The van der Waals surface area contributed by atoms with Gasteiger partial charge in [-0.25, -0.2) is 4.79 Å². The maximum absolute atomic E-state index is 12.2. The van der Waals surface area contributed by atoms with Crippen LogP contribution in [0.5, 0.6) is 5.75 Å². The number of para-hydroxylation sites is 1. The van der Waals surface area contributed by atoms with Gasteiger partial charge in [0.15, 0.2) is 0 Å². The Morgan fingerprint density at radius 2 is 1.59 bits per heavy atom. The molecule has 4 rings (SSSR count). The van der Waals surface area contributed by atoms with E-state index in [1.165, 1.54) is 0 Å². The van der Waals surface area contributed by atoms with E-state index in [1.807, 2.05) is 65.6 Å². The molecule has 144 valence electrons. The second-order valence-electron chi connectivity index (χ2n) is 7.18. The van der Waals surface area contributed by atoms with Crippen molar-refractivity contribution in [2.75, 3.05) is 20.2 Å². The summed E-state index contributed by atoms with van der Waals surface area (Å²) in [6, 6.07) is 19.7. The molecule has 1 heterocycles. The fraction of sp³-hybridized carbons (Fsp3) is 0.409. The second-order valence-corrected chi connectivity index (χ2v) is 7.18. The molecule has 3 atom stereocenters. The van der Waals surface area contributed by atoms with Gasteiger partial charge in [-0.2, -0.15) is 0 Å². The Balaban J connectivity index is 0.000000299. The van der Waals surface area contributed by atoms with Gasteiger partial charge < -0.3 is 20.1 Å². The van der Waals surface area contributed by atoms with Crippen molar-refractivity contribution < 1.29 is 14.6 Å². The highest BCUT2D eigenvalue weighted by Gasteiger charge is 2.41. The molecule has 2 aromatic rings. The van der Waals surface area contributed by atoms with E-state index >= 15 is 0 Å². The molecule has 1 saturated heterocycles. The third-order valence-electron chi connectivity index (χ3n) is 5.30. The number of likely N-dealkylation sites (tertiary alicyclic amines) is 1. The highest BCUT2D eigenvalue weighted by molar-refractivity contribution is 5.74. The normalized spacial score (nSPS) is 23.2. The summed E-state index contributed by atoms with van der Waals surface area (Å²) in [5.41, 5.74) is 0.975. The number of fused-ring (bicyclic) bond motifs is 1. The smallest absolute Gasteiger partial charge is 0.317 e. The number of aliphatic hydroxyl groups is 1. The van der Waals surface area contributed by atoms with Crippen LogP contribution >= 0.6 is 0 Å².